The molecule has 0 saturated carbocycles. The highest BCUT2D eigenvalue weighted by atomic mass is 35.5. The molecule has 1 aliphatic rings. The van der Waals surface area contributed by atoms with E-state index >= 15 is 0 Å². The van der Waals surface area contributed by atoms with Gasteiger partial charge in [-0.05, 0) is 48.9 Å². The molecule has 2 aromatic carbocycles. The highest BCUT2D eigenvalue weighted by Crippen LogP contribution is 2.20. The van der Waals surface area contributed by atoms with Gasteiger partial charge < -0.3 is 19.9 Å². The molecule has 0 radical (unpaired) electrons. The molecule has 6 nitrogen and oxygen atoms in total. The molecule has 1 saturated heterocycles. The molecule has 0 aliphatic carbocycles. The van der Waals surface area contributed by atoms with Gasteiger partial charge >= 0.3 is 0 Å². The van der Waals surface area contributed by atoms with Gasteiger partial charge in [0, 0.05) is 37.6 Å². The number of hydrogen-bond acceptors (Lipinski definition) is 4. The minimum Gasteiger partial charge on any atom is -0.497 e. The lowest BCUT2D eigenvalue weighted by Crippen LogP contribution is -2.49. The molecule has 0 unspecified atom stereocenters. The second kappa shape index (κ2) is 9.65. The molecule has 1 N–H and O–H groups in total. The number of carbonyl (C=O) groups is 2. The van der Waals surface area contributed by atoms with Crippen LogP contribution in [0.4, 0.5) is 11.4 Å². The van der Waals surface area contributed by atoms with Crippen LogP contribution in [-0.2, 0) is 16.0 Å². The van der Waals surface area contributed by atoms with Crippen molar-refractivity contribution in [3.05, 3.63) is 54.1 Å². The normalized spacial score (nSPS) is 15.0. The number of methoxy groups -OCH3 is 1. The van der Waals surface area contributed by atoms with Gasteiger partial charge in [0.25, 0.3) is 0 Å². The molecule has 2 amide bonds. The van der Waals surface area contributed by atoms with Gasteiger partial charge in [-0.2, -0.15) is 0 Å². The number of benzene rings is 2. The van der Waals surface area contributed by atoms with E-state index in [4.69, 9.17) is 16.3 Å². The van der Waals surface area contributed by atoms with Gasteiger partial charge in [0.15, 0.2) is 0 Å². The fourth-order valence-electron chi connectivity index (χ4n) is 3.24. The number of alkyl halides is 1. The zero-order valence-corrected chi connectivity index (χ0v) is 17.5. The summed E-state index contributed by atoms with van der Waals surface area (Å²) in [6.45, 7) is 4.58. The number of carbonyl (C=O) groups excluding carboxylic acids is 2. The molecule has 1 heterocycles. The monoisotopic (exact) mass is 415 g/mol. The first kappa shape index (κ1) is 21.0. The zero-order chi connectivity index (χ0) is 20.8. The average Bonchev–Trinajstić information content (AvgIpc) is 2.75. The Hall–Kier alpha value is -2.73. The van der Waals surface area contributed by atoms with Gasteiger partial charge in [0.2, 0.25) is 11.8 Å². The van der Waals surface area contributed by atoms with Gasteiger partial charge in [-0.15, -0.1) is 11.6 Å². The summed E-state index contributed by atoms with van der Waals surface area (Å²) in [5.41, 5.74) is 2.78. The Morgan fingerprint density at radius 3 is 2.21 bits per heavy atom. The van der Waals surface area contributed by atoms with Crippen molar-refractivity contribution in [3.8, 4) is 5.75 Å². The molecule has 154 valence electrons. The van der Waals surface area contributed by atoms with Gasteiger partial charge in [0.05, 0.1) is 13.5 Å². The van der Waals surface area contributed by atoms with Crippen molar-refractivity contribution in [2.45, 2.75) is 18.7 Å². The Morgan fingerprint density at radius 2 is 1.66 bits per heavy atom. The molecule has 7 heteroatoms. The average molecular weight is 416 g/mol. The minimum absolute atomic E-state index is 0.142. The number of piperazine rings is 1. The van der Waals surface area contributed by atoms with Crippen LogP contribution in [0.25, 0.3) is 0 Å². The molecular weight excluding hydrogens is 390 g/mol. The molecule has 1 fully saturated rings. The highest BCUT2D eigenvalue weighted by Gasteiger charge is 2.21. The van der Waals surface area contributed by atoms with E-state index in [2.05, 4.69) is 10.2 Å². The van der Waals surface area contributed by atoms with E-state index in [1.165, 1.54) is 0 Å². The number of anilines is 2. The van der Waals surface area contributed by atoms with Crippen LogP contribution >= 0.6 is 11.6 Å². The fourth-order valence-corrected chi connectivity index (χ4v) is 3.30. The van der Waals surface area contributed by atoms with Crippen molar-refractivity contribution in [1.29, 1.82) is 0 Å². The second-order valence-corrected chi connectivity index (χ2v) is 7.70. The summed E-state index contributed by atoms with van der Waals surface area (Å²) in [6, 6.07) is 15.3. The maximum absolute atomic E-state index is 12.6. The van der Waals surface area contributed by atoms with Crippen LogP contribution in [0, 0.1) is 0 Å². The third-order valence-electron chi connectivity index (χ3n) is 5.01. The number of rotatable bonds is 6. The second-order valence-electron chi connectivity index (χ2n) is 7.04. The Bertz CT molecular complexity index is 829. The summed E-state index contributed by atoms with van der Waals surface area (Å²) in [6.07, 6.45) is 0.400. The lowest BCUT2D eigenvalue weighted by molar-refractivity contribution is -0.130. The summed E-state index contributed by atoms with van der Waals surface area (Å²) in [4.78, 5) is 28.4. The maximum Gasteiger partial charge on any atom is 0.242 e. The van der Waals surface area contributed by atoms with Crippen LogP contribution in [0.1, 0.15) is 12.5 Å². The van der Waals surface area contributed by atoms with Gasteiger partial charge in [-0.3, -0.25) is 9.59 Å². The van der Waals surface area contributed by atoms with Crippen molar-refractivity contribution in [3.63, 3.8) is 0 Å². The van der Waals surface area contributed by atoms with Crippen molar-refractivity contribution >= 4 is 34.8 Å². The standard InChI is InChI=1S/C22H26ClN3O3/c1-16(23)22(28)24-18-5-7-19(8-6-18)25-11-13-26(14-12-25)21(27)15-17-3-9-20(29-2)10-4-17/h3-10,16H,11-15H2,1-2H3,(H,24,28)/t16-/m1/s1. The first-order chi connectivity index (χ1) is 14.0. The van der Waals surface area contributed by atoms with Crippen molar-refractivity contribution in [2.75, 3.05) is 43.5 Å². The predicted octanol–water partition coefficient (Wildman–Crippen LogP) is 3.15. The molecule has 2 aromatic rings. The number of hydrogen-bond donors (Lipinski definition) is 1. The molecule has 1 aliphatic heterocycles. The number of nitrogens with zero attached hydrogens (tertiary/aromatic N) is 2. The van der Waals surface area contributed by atoms with Crippen LogP contribution in [0.5, 0.6) is 5.75 Å². The third kappa shape index (κ3) is 5.64. The molecule has 0 spiro atoms. The van der Waals surface area contributed by atoms with E-state index < -0.39 is 5.38 Å². The topological polar surface area (TPSA) is 61.9 Å². The van der Waals surface area contributed by atoms with Crippen LogP contribution in [0.15, 0.2) is 48.5 Å². The van der Waals surface area contributed by atoms with Crippen molar-refractivity contribution in [2.24, 2.45) is 0 Å². The van der Waals surface area contributed by atoms with Crippen LogP contribution < -0.4 is 15.0 Å². The summed E-state index contributed by atoms with van der Waals surface area (Å²) in [7, 11) is 1.63. The fraction of sp³-hybridized carbons (Fsp3) is 0.364. The lowest BCUT2D eigenvalue weighted by Gasteiger charge is -2.36. The number of nitrogens with one attached hydrogen (secondary N) is 1. The van der Waals surface area contributed by atoms with Crippen LogP contribution in [-0.4, -0.2) is 55.4 Å². The quantitative estimate of drug-likeness (QED) is 0.736. The SMILES string of the molecule is COc1ccc(CC(=O)N2CCN(c3ccc(NC(=O)[C@@H](C)Cl)cc3)CC2)cc1. The first-order valence-electron chi connectivity index (χ1n) is 9.67. The number of ether oxygens (including phenoxy) is 1. The summed E-state index contributed by atoms with van der Waals surface area (Å²) in [5, 5.41) is 2.20. The van der Waals surface area contributed by atoms with Gasteiger partial charge in [-0.1, -0.05) is 12.1 Å². The number of halogens is 1. The predicted molar refractivity (Wildman–Crippen MR) is 116 cm³/mol. The molecule has 0 bridgehead atoms. The van der Waals surface area contributed by atoms with Crippen molar-refractivity contribution < 1.29 is 14.3 Å². The summed E-state index contributed by atoms with van der Waals surface area (Å²) in [5.74, 6) is 0.712. The first-order valence-corrected chi connectivity index (χ1v) is 10.1. The van der Waals surface area contributed by atoms with Gasteiger partial charge in [0.1, 0.15) is 11.1 Å². The van der Waals surface area contributed by atoms with E-state index in [0.29, 0.717) is 19.5 Å². The summed E-state index contributed by atoms with van der Waals surface area (Å²) >= 11 is 5.78. The Kier molecular flexibility index (Phi) is 6.99. The van der Waals surface area contributed by atoms with Crippen molar-refractivity contribution in [1.82, 2.24) is 4.90 Å². The van der Waals surface area contributed by atoms with E-state index in [1.807, 2.05) is 53.4 Å². The molecule has 0 aromatic heterocycles. The maximum atomic E-state index is 12.6. The van der Waals surface area contributed by atoms with E-state index in [1.54, 1.807) is 14.0 Å². The number of amides is 2. The molecule has 1 atom stereocenters. The van der Waals surface area contributed by atoms with Crippen LogP contribution in [0.3, 0.4) is 0 Å². The Labute approximate surface area is 176 Å². The lowest BCUT2D eigenvalue weighted by atomic mass is 10.1. The van der Waals surface area contributed by atoms with E-state index in [0.717, 1.165) is 35.8 Å². The summed E-state index contributed by atoms with van der Waals surface area (Å²) < 4.78 is 5.15. The largest absolute Gasteiger partial charge is 0.497 e. The Morgan fingerprint density at radius 1 is 1.03 bits per heavy atom. The smallest absolute Gasteiger partial charge is 0.242 e. The van der Waals surface area contributed by atoms with E-state index in [-0.39, 0.29) is 11.8 Å². The van der Waals surface area contributed by atoms with E-state index in [9.17, 15) is 9.59 Å². The third-order valence-corrected chi connectivity index (χ3v) is 5.21. The molecular formula is C22H26ClN3O3. The zero-order valence-electron chi connectivity index (χ0n) is 16.7. The highest BCUT2D eigenvalue weighted by molar-refractivity contribution is 6.32. The Balaban J connectivity index is 1.50. The molecule has 3 rings (SSSR count). The van der Waals surface area contributed by atoms with Crippen LogP contribution in [0.2, 0.25) is 0 Å². The minimum atomic E-state index is -0.571. The molecule has 29 heavy (non-hydrogen) atoms. The van der Waals surface area contributed by atoms with Gasteiger partial charge in [-0.25, -0.2) is 0 Å².